The van der Waals surface area contributed by atoms with Gasteiger partial charge >= 0.3 is 0 Å². The number of carbonyl (C=O) groups excluding carboxylic acids is 1. The van der Waals surface area contributed by atoms with Crippen molar-refractivity contribution in [2.45, 2.75) is 6.92 Å². The monoisotopic (exact) mass is 272 g/mol. The van der Waals surface area contributed by atoms with Gasteiger partial charge in [-0.3, -0.25) is 4.79 Å². The first-order chi connectivity index (χ1) is 9.22. The maximum Gasteiger partial charge on any atom is 0.231 e. The number of ether oxygens (including phenoxy) is 2. The Bertz CT molecular complexity index is 655. The van der Waals surface area contributed by atoms with Crippen LogP contribution in [0, 0.1) is 6.92 Å². The molecular formula is C15H12O3S. The van der Waals surface area contributed by atoms with Crippen LogP contribution in [0.3, 0.4) is 0 Å². The highest BCUT2D eigenvalue weighted by atomic mass is 32.1. The predicted octanol–water partition coefficient (Wildman–Crippen LogP) is 3.68. The minimum absolute atomic E-state index is 0.0376. The quantitative estimate of drug-likeness (QED) is 0.631. The van der Waals surface area contributed by atoms with Crippen molar-refractivity contribution in [1.29, 1.82) is 0 Å². The van der Waals surface area contributed by atoms with E-state index in [2.05, 4.69) is 0 Å². The lowest BCUT2D eigenvalue weighted by atomic mass is 10.1. The largest absolute Gasteiger partial charge is 0.454 e. The van der Waals surface area contributed by atoms with Crippen LogP contribution in [0.4, 0.5) is 0 Å². The van der Waals surface area contributed by atoms with Crippen LogP contribution in [-0.2, 0) is 0 Å². The lowest BCUT2D eigenvalue weighted by molar-refractivity contribution is 0.104. The van der Waals surface area contributed by atoms with E-state index in [1.165, 1.54) is 4.88 Å². The molecule has 0 atom stereocenters. The Kier molecular flexibility index (Phi) is 3.09. The molecule has 1 aliphatic heterocycles. The van der Waals surface area contributed by atoms with Gasteiger partial charge in [0.15, 0.2) is 17.3 Å². The lowest BCUT2D eigenvalue weighted by Gasteiger charge is -1.98. The number of rotatable bonds is 3. The number of benzene rings is 1. The van der Waals surface area contributed by atoms with E-state index in [9.17, 15) is 4.79 Å². The van der Waals surface area contributed by atoms with Crippen LogP contribution in [0.25, 0.3) is 6.08 Å². The van der Waals surface area contributed by atoms with Gasteiger partial charge in [0, 0.05) is 15.3 Å². The van der Waals surface area contributed by atoms with Crippen molar-refractivity contribution < 1.29 is 14.3 Å². The van der Waals surface area contributed by atoms with E-state index in [0.29, 0.717) is 17.1 Å². The number of hydrogen-bond donors (Lipinski definition) is 0. The summed E-state index contributed by atoms with van der Waals surface area (Å²) in [6.45, 7) is 2.26. The zero-order valence-corrected chi connectivity index (χ0v) is 11.2. The third-order valence-corrected chi connectivity index (χ3v) is 3.78. The minimum Gasteiger partial charge on any atom is -0.454 e. The molecule has 0 saturated carbocycles. The number of allylic oxidation sites excluding steroid dienone is 1. The first-order valence-electron chi connectivity index (χ1n) is 5.91. The van der Waals surface area contributed by atoms with E-state index in [4.69, 9.17) is 9.47 Å². The van der Waals surface area contributed by atoms with E-state index in [0.717, 1.165) is 4.88 Å². The SMILES string of the molecule is Cc1ccc(C=CC(=O)c2ccc3c(c2)OCO3)s1. The Balaban J connectivity index is 1.79. The Labute approximate surface area is 115 Å². The van der Waals surface area contributed by atoms with Gasteiger partial charge in [-0.25, -0.2) is 0 Å². The Morgan fingerprint density at radius 3 is 2.84 bits per heavy atom. The summed E-state index contributed by atoms with van der Waals surface area (Å²) in [5.74, 6) is 1.28. The second kappa shape index (κ2) is 4.90. The van der Waals surface area contributed by atoms with Gasteiger partial charge in [0.05, 0.1) is 0 Å². The average Bonchev–Trinajstić information content (AvgIpc) is 3.03. The van der Waals surface area contributed by atoms with Crippen molar-refractivity contribution in [3.8, 4) is 11.5 Å². The molecule has 1 aromatic heterocycles. The second-order valence-electron chi connectivity index (χ2n) is 4.21. The highest BCUT2D eigenvalue weighted by Crippen LogP contribution is 2.32. The molecule has 2 heterocycles. The molecule has 1 aromatic carbocycles. The molecule has 0 aliphatic carbocycles. The van der Waals surface area contributed by atoms with Crippen molar-refractivity contribution in [2.24, 2.45) is 0 Å². The van der Waals surface area contributed by atoms with Gasteiger partial charge < -0.3 is 9.47 Å². The zero-order chi connectivity index (χ0) is 13.2. The highest BCUT2D eigenvalue weighted by Gasteiger charge is 2.14. The standard InChI is InChI=1S/C15H12O3S/c1-10-2-4-12(19-10)5-6-13(16)11-3-7-14-15(8-11)18-9-17-14/h2-8H,9H2,1H3. The molecule has 0 bridgehead atoms. The zero-order valence-electron chi connectivity index (χ0n) is 10.4. The van der Waals surface area contributed by atoms with Crippen molar-refractivity contribution in [1.82, 2.24) is 0 Å². The van der Waals surface area contributed by atoms with E-state index >= 15 is 0 Å². The Morgan fingerprint density at radius 1 is 1.21 bits per heavy atom. The molecule has 0 amide bonds. The molecule has 0 saturated heterocycles. The number of ketones is 1. The van der Waals surface area contributed by atoms with Gasteiger partial charge in [-0.05, 0) is 49.4 Å². The van der Waals surface area contributed by atoms with Crippen LogP contribution in [0.5, 0.6) is 11.5 Å². The fourth-order valence-electron chi connectivity index (χ4n) is 1.85. The van der Waals surface area contributed by atoms with Crippen molar-refractivity contribution in [3.63, 3.8) is 0 Å². The van der Waals surface area contributed by atoms with Crippen molar-refractivity contribution >= 4 is 23.2 Å². The summed E-state index contributed by atoms with van der Waals surface area (Å²) in [4.78, 5) is 14.4. The fourth-order valence-corrected chi connectivity index (χ4v) is 2.63. The van der Waals surface area contributed by atoms with E-state index < -0.39 is 0 Å². The molecule has 0 fully saturated rings. The molecule has 3 nitrogen and oxygen atoms in total. The van der Waals surface area contributed by atoms with Gasteiger partial charge in [0.1, 0.15) is 0 Å². The lowest BCUT2D eigenvalue weighted by Crippen LogP contribution is -1.94. The average molecular weight is 272 g/mol. The number of aryl methyl sites for hydroxylation is 1. The summed E-state index contributed by atoms with van der Waals surface area (Å²) in [5.41, 5.74) is 0.605. The van der Waals surface area contributed by atoms with Gasteiger partial charge in [0.2, 0.25) is 6.79 Å². The highest BCUT2D eigenvalue weighted by molar-refractivity contribution is 7.12. The molecule has 0 radical (unpaired) electrons. The van der Waals surface area contributed by atoms with Gasteiger partial charge in [-0.15, -0.1) is 11.3 Å². The molecule has 0 N–H and O–H groups in total. The molecule has 3 rings (SSSR count). The first-order valence-corrected chi connectivity index (χ1v) is 6.72. The smallest absolute Gasteiger partial charge is 0.231 e. The topological polar surface area (TPSA) is 35.5 Å². The molecule has 2 aromatic rings. The summed E-state index contributed by atoms with van der Waals surface area (Å²) >= 11 is 1.66. The fraction of sp³-hybridized carbons (Fsp3) is 0.133. The van der Waals surface area contributed by atoms with Crippen molar-refractivity contribution in [3.05, 3.63) is 51.7 Å². The second-order valence-corrected chi connectivity index (χ2v) is 5.53. The third-order valence-electron chi connectivity index (χ3n) is 2.82. The van der Waals surface area contributed by atoms with Crippen LogP contribution in [0.2, 0.25) is 0 Å². The van der Waals surface area contributed by atoms with E-state index in [1.54, 1.807) is 35.6 Å². The summed E-state index contributed by atoms with van der Waals surface area (Å²) in [6.07, 6.45) is 3.42. The Morgan fingerprint density at radius 2 is 2.05 bits per heavy atom. The Hall–Kier alpha value is -2.07. The van der Waals surface area contributed by atoms with Crippen LogP contribution >= 0.6 is 11.3 Å². The minimum atomic E-state index is -0.0376. The van der Waals surface area contributed by atoms with E-state index in [1.807, 2.05) is 25.1 Å². The maximum atomic E-state index is 12.0. The van der Waals surface area contributed by atoms with Crippen LogP contribution in [0.1, 0.15) is 20.1 Å². The molecule has 19 heavy (non-hydrogen) atoms. The number of thiophene rings is 1. The molecule has 0 unspecified atom stereocenters. The number of fused-ring (bicyclic) bond motifs is 1. The first kappa shape index (κ1) is 12.0. The summed E-state index contributed by atoms with van der Waals surface area (Å²) in [7, 11) is 0. The van der Waals surface area contributed by atoms with E-state index in [-0.39, 0.29) is 12.6 Å². The van der Waals surface area contributed by atoms with Crippen molar-refractivity contribution in [2.75, 3.05) is 6.79 Å². The summed E-state index contributed by atoms with van der Waals surface area (Å²) in [6, 6.07) is 9.27. The number of hydrogen-bond acceptors (Lipinski definition) is 4. The van der Waals surface area contributed by atoms with Gasteiger partial charge in [-0.2, -0.15) is 0 Å². The third kappa shape index (κ3) is 2.53. The maximum absolute atomic E-state index is 12.0. The van der Waals surface area contributed by atoms with Crippen LogP contribution in [0.15, 0.2) is 36.4 Å². The van der Waals surface area contributed by atoms with Crippen LogP contribution in [-0.4, -0.2) is 12.6 Å². The molecule has 0 spiro atoms. The van der Waals surface area contributed by atoms with Crippen LogP contribution < -0.4 is 9.47 Å². The molecular weight excluding hydrogens is 260 g/mol. The normalized spacial score (nSPS) is 13.1. The number of carbonyl (C=O) groups is 1. The summed E-state index contributed by atoms with van der Waals surface area (Å²) < 4.78 is 10.5. The molecule has 4 heteroatoms. The van der Waals surface area contributed by atoms with Gasteiger partial charge in [0.25, 0.3) is 0 Å². The van der Waals surface area contributed by atoms with Gasteiger partial charge in [-0.1, -0.05) is 0 Å². The summed E-state index contributed by atoms with van der Waals surface area (Å²) in [5, 5.41) is 0. The molecule has 96 valence electrons. The predicted molar refractivity (Wildman–Crippen MR) is 75.0 cm³/mol. The molecule has 1 aliphatic rings.